The van der Waals surface area contributed by atoms with Crippen molar-refractivity contribution in [3.8, 4) is 0 Å². The van der Waals surface area contributed by atoms with Crippen LogP contribution in [0, 0.1) is 5.41 Å². The molecule has 2 saturated carbocycles. The van der Waals surface area contributed by atoms with Crippen LogP contribution in [0.5, 0.6) is 0 Å². The molecule has 0 bridgehead atoms. The van der Waals surface area contributed by atoms with E-state index in [1.807, 2.05) is 0 Å². The first kappa shape index (κ1) is 8.95. The Hall–Kier alpha value is -1.32. The first-order chi connectivity index (χ1) is 7.30. The summed E-state index contributed by atoms with van der Waals surface area (Å²) in [5, 5.41) is 3.07. The zero-order chi connectivity index (χ0) is 10.3. The summed E-state index contributed by atoms with van der Waals surface area (Å²) in [5.41, 5.74) is 0.468. The van der Waals surface area contributed by atoms with E-state index in [1.165, 1.54) is 36.7 Å². The first-order valence-corrected chi connectivity index (χ1v) is 5.59. The van der Waals surface area contributed by atoms with Crippen molar-refractivity contribution in [3.05, 3.63) is 18.7 Å². The maximum absolute atomic E-state index is 11.7. The van der Waals surface area contributed by atoms with Crippen molar-refractivity contribution in [3.63, 3.8) is 0 Å². The fourth-order valence-electron chi connectivity index (χ4n) is 2.79. The number of carbonyl (C=O) groups excluding carboxylic acids is 1. The standard InChI is InChI=1S/C11H15N3O/c15-10(14-6-5-12-8-14)13-9-7-11(9)3-1-2-4-11/h5-6,8-9H,1-4,7H2,(H,13,15). The molecule has 4 heteroatoms. The van der Waals surface area contributed by atoms with E-state index in [0.29, 0.717) is 11.5 Å². The molecule has 15 heavy (non-hydrogen) atoms. The van der Waals surface area contributed by atoms with E-state index in [0.717, 1.165) is 0 Å². The summed E-state index contributed by atoms with van der Waals surface area (Å²) in [6.45, 7) is 0. The Bertz CT molecular complexity index is 365. The van der Waals surface area contributed by atoms with Crippen LogP contribution >= 0.6 is 0 Å². The zero-order valence-electron chi connectivity index (χ0n) is 8.65. The maximum Gasteiger partial charge on any atom is 0.327 e. The van der Waals surface area contributed by atoms with Gasteiger partial charge in [-0.3, -0.25) is 4.57 Å². The molecule has 2 aliphatic carbocycles. The highest BCUT2D eigenvalue weighted by molar-refractivity contribution is 5.77. The smallest absolute Gasteiger partial charge is 0.327 e. The van der Waals surface area contributed by atoms with E-state index in [2.05, 4.69) is 10.3 Å². The van der Waals surface area contributed by atoms with Crippen LogP contribution in [0.2, 0.25) is 0 Å². The normalized spacial score (nSPS) is 26.8. The zero-order valence-corrected chi connectivity index (χ0v) is 8.65. The molecule has 1 unspecified atom stereocenters. The van der Waals surface area contributed by atoms with E-state index in [9.17, 15) is 4.79 Å². The average Bonchev–Trinajstić information content (AvgIpc) is 2.66. The summed E-state index contributed by atoms with van der Waals surface area (Å²) in [4.78, 5) is 15.6. The Morgan fingerprint density at radius 1 is 1.47 bits per heavy atom. The van der Waals surface area contributed by atoms with E-state index in [4.69, 9.17) is 0 Å². The molecule has 0 aliphatic heterocycles. The van der Waals surface area contributed by atoms with Crippen molar-refractivity contribution in [2.45, 2.75) is 38.1 Å². The van der Waals surface area contributed by atoms with Gasteiger partial charge in [-0.1, -0.05) is 12.8 Å². The highest BCUT2D eigenvalue weighted by atomic mass is 16.2. The molecule has 0 radical (unpaired) electrons. The van der Waals surface area contributed by atoms with Crippen LogP contribution in [0.4, 0.5) is 4.79 Å². The van der Waals surface area contributed by atoms with E-state index in [-0.39, 0.29) is 6.03 Å². The van der Waals surface area contributed by atoms with Crippen molar-refractivity contribution in [2.24, 2.45) is 5.41 Å². The number of hydrogen-bond donors (Lipinski definition) is 1. The van der Waals surface area contributed by atoms with Gasteiger partial charge in [0.25, 0.3) is 0 Å². The lowest BCUT2D eigenvalue weighted by Crippen LogP contribution is -2.32. The third-order valence-corrected chi connectivity index (χ3v) is 3.83. The molecule has 1 heterocycles. The molecule has 4 nitrogen and oxygen atoms in total. The number of rotatable bonds is 1. The third-order valence-electron chi connectivity index (χ3n) is 3.83. The summed E-state index contributed by atoms with van der Waals surface area (Å²) >= 11 is 0. The summed E-state index contributed by atoms with van der Waals surface area (Å²) in [6, 6.07) is 0.371. The lowest BCUT2D eigenvalue weighted by atomic mass is 10.1. The highest BCUT2D eigenvalue weighted by Gasteiger charge is 2.55. The Balaban J connectivity index is 1.61. The SMILES string of the molecule is O=C(NC1CC12CCCC2)n1ccnc1. The molecule has 3 rings (SSSR count). The lowest BCUT2D eigenvalue weighted by molar-refractivity contribution is 0.240. The van der Waals surface area contributed by atoms with Crippen molar-refractivity contribution >= 4 is 6.03 Å². The third kappa shape index (κ3) is 1.44. The van der Waals surface area contributed by atoms with Crippen LogP contribution < -0.4 is 5.32 Å². The second-order valence-electron chi connectivity index (χ2n) is 4.75. The molecule has 1 spiro atoms. The molecule has 0 saturated heterocycles. The molecule has 1 amide bonds. The number of imidazole rings is 1. The number of carbonyl (C=O) groups is 1. The second kappa shape index (κ2) is 3.08. The monoisotopic (exact) mass is 205 g/mol. The summed E-state index contributed by atoms with van der Waals surface area (Å²) < 4.78 is 1.50. The molecule has 1 aromatic heterocycles. The van der Waals surface area contributed by atoms with Crippen LogP contribution in [0.1, 0.15) is 32.1 Å². The fourth-order valence-corrected chi connectivity index (χ4v) is 2.79. The van der Waals surface area contributed by atoms with Crippen LogP contribution in [-0.2, 0) is 0 Å². The number of hydrogen-bond acceptors (Lipinski definition) is 2. The number of nitrogens with zero attached hydrogens (tertiary/aromatic N) is 2. The van der Waals surface area contributed by atoms with Gasteiger partial charge in [0.1, 0.15) is 6.33 Å². The van der Waals surface area contributed by atoms with Gasteiger partial charge in [-0.25, -0.2) is 9.78 Å². The molecule has 2 fully saturated rings. The number of aromatic nitrogens is 2. The van der Waals surface area contributed by atoms with E-state index in [1.54, 1.807) is 18.7 Å². The highest BCUT2D eigenvalue weighted by Crippen LogP contribution is 2.57. The first-order valence-electron chi connectivity index (χ1n) is 5.59. The molecule has 1 atom stereocenters. The maximum atomic E-state index is 11.7. The van der Waals surface area contributed by atoms with Crippen LogP contribution in [0.25, 0.3) is 0 Å². The largest absolute Gasteiger partial charge is 0.334 e. The number of amides is 1. The minimum atomic E-state index is -0.0405. The summed E-state index contributed by atoms with van der Waals surface area (Å²) in [5.74, 6) is 0. The van der Waals surface area contributed by atoms with Gasteiger partial charge in [0, 0.05) is 18.4 Å². The summed E-state index contributed by atoms with van der Waals surface area (Å²) in [7, 11) is 0. The van der Waals surface area contributed by atoms with Crippen molar-refractivity contribution in [1.29, 1.82) is 0 Å². The van der Waals surface area contributed by atoms with Gasteiger partial charge in [-0.05, 0) is 24.7 Å². The quantitative estimate of drug-likeness (QED) is 0.759. The van der Waals surface area contributed by atoms with Crippen molar-refractivity contribution in [1.82, 2.24) is 14.9 Å². The Morgan fingerprint density at radius 3 is 2.93 bits per heavy atom. The van der Waals surface area contributed by atoms with Crippen LogP contribution in [-0.4, -0.2) is 21.6 Å². The Labute approximate surface area is 88.7 Å². The van der Waals surface area contributed by atoms with Gasteiger partial charge in [0.2, 0.25) is 0 Å². The van der Waals surface area contributed by atoms with Gasteiger partial charge < -0.3 is 5.32 Å². The molecule has 2 aliphatic rings. The van der Waals surface area contributed by atoms with Gasteiger partial charge in [0.15, 0.2) is 0 Å². The van der Waals surface area contributed by atoms with Gasteiger partial charge in [-0.15, -0.1) is 0 Å². The van der Waals surface area contributed by atoms with Gasteiger partial charge in [-0.2, -0.15) is 0 Å². The van der Waals surface area contributed by atoms with Gasteiger partial charge >= 0.3 is 6.03 Å². The molecule has 0 aromatic carbocycles. The van der Waals surface area contributed by atoms with E-state index >= 15 is 0 Å². The molecule has 1 aromatic rings. The molecule has 80 valence electrons. The minimum Gasteiger partial charge on any atom is -0.334 e. The Kier molecular flexibility index (Phi) is 1.84. The van der Waals surface area contributed by atoms with Crippen LogP contribution in [0.3, 0.4) is 0 Å². The molecular weight excluding hydrogens is 190 g/mol. The topological polar surface area (TPSA) is 46.9 Å². The average molecular weight is 205 g/mol. The van der Waals surface area contributed by atoms with Crippen molar-refractivity contribution < 1.29 is 4.79 Å². The lowest BCUT2D eigenvalue weighted by Gasteiger charge is -2.09. The minimum absolute atomic E-state index is 0.0405. The predicted molar refractivity (Wildman–Crippen MR) is 55.5 cm³/mol. The Morgan fingerprint density at radius 2 is 2.27 bits per heavy atom. The summed E-state index contributed by atoms with van der Waals surface area (Å²) in [6.07, 6.45) is 11.3. The van der Waals surface area contributed by atoms with Gasteiger partial charge in [0.05, 0.1) is 0 Å². The van der Waals surface area contributed by atoms with Crippen molar-refractivity contribution in [2.75, 3.05) is 0 Å². The van der Waals surface area contributed by atoms with E-state index < -0.39 is 0 Å². The molecular formula is C11H15N3O. The molecule has 1 N–H and O–H groups in total. The fraction of sp³-hybridized carbons (Fsp3) is 0.636. The number of nitrogens with one attached hydrogen (secondary N) is 1. The van der Waals surface area contributed by atoms with Crippen LogP contribution in [0.15, 0.2) is 18.7 Å². The second-order valence-corrected chi connectivity index (χ2v) is 4.75. The predicted octanol–water partition coefficient (Wildman–Crippen LogP) is 1.77.